The van der Waals surface area contributed by atoms with E-state index in [1.165, 1.54) is 32.1 Å². The number of carbonyl (C=O) groups excluding carboxylic acids is 2. The highest BCUT2D eigenvalue weighted by Crippen LogP contribution is 2.39. The molecule has 6 nitrogen and oxygen atoms in total. The van der Waals surface area contributed by atoms with E-state index in [1.54, 1.807) is 24.3 Å². The summed E-state index contributed by atoms with van der Waals surface area (Å²) in [5, 5.41) is 0.302. The lowest BCUT2D eigenvalue weighted by molar-refractivity contribution is -0.135. The highest BCUT2D eigenvalue weighted by molar-refractivity contribution is 5.91. The highest BCUT2D eigenvalue weighted by atomic mass is 16.5. The van der Waals surface area contributed by atoms with E-state index in [2.05, 4.69) is 4.98 Å². The van der Waals surface area contributed by atoms with Gasteiger partial charge in [0.1, 0.15) is 11.5 Å². The van der Waals surface area contributed by atoms with Crippen molar-refractivity contribution in [3.8, 4) is 11.5 Å². The predicted octanol–water partition coefficient (Wildman–Crippen LogP) is 5.09. The third-order valence-electron chi connectivity index (χ3n) is 5.27. The van der Waals surface area contributed by atoms with Gasteiger partial charge in [0.2, 0.25) is 0 Å². The number of hydrogen-bond acceptors (Lipinski definition) is 5. The summed E-state index contributed by atoms with van der Waals surface area (Å²) in [6.07, 6.45) is -1.06. The Labute approximate surface area is 201 Å². The average molecular weight is 455 g/mol. The molecule has 0 saturated heterocycles. The van der Waals surface area contributed by atoms with E-state index in [-0.39, 0.29) is 17.7 Å². The van der Waals surface area contributed by atoms with E-state index in [0.717, 1.165) is 16.7 Å². The van der Waals surface area contributed by atoms with Crippen molar-refractivity contribution in [2.75, 3.05) is 20.6 Å². The molecule has 1 heterocycles. The summed E-state index contributed by atoms with van der Waals surface area (Å²) in [5.74, 6) is -0.483. The molecule has 1 N–H and O–H groups in total. The number of carbonyl (C=O) groups is 2. The van der Waals surface area contributed by atoms with Gasteiger partial charge in [-0.2, -0.15) is 0 Å². The zero-order valence-electron chi connectivity index (χ0n) is 24.3. The SMILES string of the molecule is [2H]C([2H])(c1c[nH]c2cccc(OC(=O)CC(C)(C)c3c(C)cc(C)cc3OC(C)=O)c12)C([2H])([2H])N(C)C. The van der Waals surface area contributed by atoms with Crippen LogP contribution >= 0.6 is 0 Å². The summed E-state index contributed by atoms with van der Waals surface area (Å²) >= 11 is 0. The van der Waals surface area contributed by atoms with Crippen molar-refractivity contribution in [1.82, 2.24) is 9.88 Å². The van der Waals surface area contributed by atoms with E-state index in [0.29, 0.717) is 16.7 Å². The van der Waals surface area contributed by atoms with E-state index in [9.17, 15) is 9.59 Å². The summed E-state index contributed by atoms with van der Waals surface area (Å²) < 4.78 is 45.1. The fraction of sp³-hybridized carbons (Fsp3) is 0.407. The smallest absolute Gasteiger partial charge is 0.312 e. The molecule has 0 radical (unpaired) electrons. The largest absolute Gasteiger partial charge is 0.426 e. The van der Waals surface area contributed by atoms with Gasteiger partial charge in [0.15, 0.2) is 0 Å². The summed E-state index contributed by atoms with van der Waals surface area (Å²) in [7, 11) is 2.93. The second kappa shape index (κ2) is 9.79. The number of esters is 2. The number of aromatic amines is 1. The molecule has 3 rings (SSSR count). The van der Waals surface area contributed by atoms with Crippen LogP contribution in [0.3, 0.4) is 0 Å². The van der Waals surface area contributed by atoms with Gasteiger partial charge in [-0.15, -0.1) is 0 Å². The zero-order valence-corrected chi connectivity index (χ0v) is 20.3. The topological polar surface area (TPSA) is 71.6 Å². The van der Waals surface area contributed by atoms with Crippen molar-refractivity contribution in [3.05, 3.63) is 58.8 Å². The van der Waals surface area contributed by atoms with Crippen LogP contribution in [0.4, 0.5) is 0 Å². The summed E-state index contributed by atoms with van der Waals surface area (Å²) in [6, 6.07) is 8.68. The van der Waals surface area contributed by atoms with Crippen LogP contribution in [-0.4, -0.2) is 42.4 Å². The van der Waals surface area contributed by atoms with Gasteiger partial charge in [-0.3, -0.25) is 9.59 Å². The Bertz CT molecular complexity index is 1350. The van der Waals surface area contributed by atoms with Crippen molar-refractivity contribution in [1.29, 1.82) is 0 Å². The van der Waals surface area contributed by atoms with Crippen molar-refractivity contribution in [2.24, 2.45) is 0 Å². The minimum Gasteiger partial charge on any atom is -0.426 e. The summed E-state index contributed by atoms with van der Waals surface area (Å²) in [4.78, 5) is 29.1. The predicted molar refractivity (Wildman–Crippen MR) is 131 cm³/mol. The standard InChI is InChI=1S/C27H34N2O4/c1-17-13-18(2)26(23(14-17)32-19(3)30)27(4,5)15-24(31)33-22-10-8-9-21-25(22)20(16-28-21)11-12-29(6)7/h8-10,13-14,16,28H,11-12,15H2,1-7H3/i11D2,12D2. The van der Waals surface area contributed by atoms with Crippen LogP contribution in [0.2, 0.25) is 0 Å². The lowest BCUT2D eigenvalue weighted by atomic mass is 9.78. The molecule has 0 unspecified atom stereocenters. The monoisotopic (exact) mass is 454 g/mol. The van der Waals surface area contributed by atoms with Gasteiger partial charge in [0, 0.05) is 47.0 Å². The molecular weight excluding hydrogens is 416 g/mol. The molecule has 0 aliphatic heterocycles. The number of H-pyrrole nitrogens is 1. The maximum Gasteiger partial charge on any atom is 0.312 e. The van der Waals surface area contributed by atoms with Crippen LogP contribution < -0.4 is 9.47 Å². The number of fused-ring (bicyclic) bond motifs is 1. The van der Waals surface area contributed by atoms with Crippen molar-refractivity contribution in [2.45, 2.75) is 52.8 Å². The first-order valence-corrected chi connectivity index (χ1v) is 10.8. The fourth-order valence-electron chi connectivity index (χ4n) is 4.15. The van der Waals surface area contributed by atoms with E-state index in [1.807, 2.05) is 33.8 Å². The number of nitrogens with zero attached hydrogens (tertiary/aromatic N) is 1. The minimum absolute atomic E-state index is 0.0489. The van der Waals surface area contributed by atoms with E-state index < -0.39 is 30.2 Å². The molecule has 0 saturated carbocycles. The Kier molecular flexibility index (Phi) is 5.74. The van der Waals surface area contributed by atoms with Crippen LogP contribution in [0.15, 0.2) is 36.5 Å². The first kappa shape index (κ1) is 19.4. The van der Waals surface area contributed by atoms with Crippen LogP contribution in [0.1, 0.15) is 54.9 Å². The first-order valence-electron chi connectivity index (χ1n) is 12.8. The molecule has 0 spiro atoms. The van der Waals surface area contributed by atoms with Crippen LogP contribution in [0.5, 0.6) is 11.5 Å². The molecule has 6 heteroatoms. The molecule has 0 aliphatic rings. The lowest BCUT2D eigenvalue weighted by Gasteiger charge is -2.28. The Morgan fingerprint density at radius 3 is 2.52 bits per heavy atom. The molecule has 0 aliphatic carbocycles. The maximum absolute atomic E-state index is 13.2. The van der Waals surface area contributed by atoms with E-state index >= 15 is 0 Å². The third kappa shape index (κ3) is 5.82. The Hall–Kier alpha value is -3.12. The molecule has 0 amide bonds. The van der Waals surface area contributed by atoms with Crippen molar-refractivity contribution >= 4 is 22.8 Å². The minimum atomic E-state index is -2.42. The van der Waals surface area contributed by atoms with Gasteiger partial charge < -0.3 is 19.4 Å². The van der Waals surface area contributed by atoms with Gasteiger partial charge in [-0.25, -0.2) is 0 Å². The normalized spacial score (nSPS) is 14.4. The molecule has 2 aromatic carbocycles. The Morgan fingerprint density at radius 2 is 1.85 bits per heavy atom. The first-order chi connectivity index (χ1) is 17.0. The zero-order chi connectivity index (χ0) is 27.9. The number of nitrogens with one attached hydrogen (secondary N) is 1. The second-order valence-electron chi connectivity index (χ2n) is 9.10. The molecule has 3 aromatic rings. The molecule has 0 bridgehead atoms. The number of likely N-dealkylation sites (N-methyl/N-ethyl adjacent to an activating group) is 1. The molecule has 0 fully saturated rings. The number of aromatic nitrogens is 1. The van der Waals surface area contributed by atoms with Crippen molar-refractivity contribution in [3.63, 3.8) is 0 Å². The average Bonchev–Trinajstić information content (AvgIpc) is 3.17. The van der Waals surface area contributed by atoms with Gasteiger partial charge in [0.05, 0.1) is 6.42 Å². The van der Waals surface area contributed by atoms with E-state index in [4.69, 9.17) is 15.0 Å². The lowest BCUT2D eigenvalue weighted by Crippen LogP contribution is -2.27. The number of rotatable bonds is 8. The summed E-state index contributed by atoms with van der Waals surface area (Å²) in [6.45, 7) is 6.52. The highest BCUT2D eigenvalue weighted by Gasteiger charge is 2.31. The molecule has 0 atom stereocenters. The number of aryl methyl sites for hydroxylation is 3. The maximum atomic E-state index is 13.2. The van der Waals surface area contributed by atoms with Crippen LogP contribution in [0.25, 0.3) is 10.9 Å². The fourth-order valence-corrected chi connectivity index (χ4v) is 4.15. The Morgan fingerprint density at radius 1 is 1.12 bits per heavy atom. The summed E-state index contributed by atoms with van der Waals surface area (Å²) in [5.41, 5.74) is 2.34. The van der Waals surface area contributed by atoms with Gasteiger partial charge >= 0.3 is 11.9 Å². The number of hydrogen-bond donors (Lipinski definition) is 1. The van der Waals surface area contributed by atoms with Crippen LogP contribution in [-0.2, 0) is 21.4 Å². The third-order valence-corrected chi connectivity index (χ3v) is 5.27. The second-order valence-corrected chi connectivity index (χ2v) is 9.10. The molecule has 1 aromatic heterocycles. The van der Waals surface area contributed by atoms with Gasteiger partial charge in [-0.1, -0.05) is 26.0 Å². The molecular formula is C27H34N2O4. The number of benzene rings is 2. The van der Waals surface area contributed by atoms with Gasteiger partial charge in [0.25, 0.3) is 0 Å². The van der Waals surface area contributed by atoms with Crippen molar-refractivity contribution < 1.29 is 24.5 Å². The Balaban J connectivity index is 1.99. The quantitative estimate of drug-likeness (QED) is 0.379. The van der Waals surface area contributed by atoms with Gasteiger partial charge in [-0.05, 0) is 69.2 Å². The molecule has 33 heavy (non-hydrogen) atoms. The number of ether oxygens (including phenoxy) is 2. The molecule has 176 valence electrons. The van der Waals surface area contributed by atoms with Crippen LogP contribution in [0, 0.1) is 13.8 Å².